The number of ether oxygens (including phenoxy) is 1. The van der Waals surface area contributed by atoms with Crippen LogP contribution in [-0.4, -0.2) is 41.0 Å². The van der Waals surface area contributed by atoms with Gasteiger partial charge in [-0.3, -0.25) is 4.79 Å². The minimum absolute atomic E-state index is 0.141. The van der Waals surface area contributed by atoms with Crippen molar-refractivity contribution < 1.29 is 14.1 Å². The number of hydrogen-bond donors (Lipinski definition) is 0. The van der Waals surface area contributed by atoms with E-state index in [1.54, 1.807) is 11.8 Å². The molecule has 120 valence electrons. The number of rotatable bonds is 5. The van der Waals surface area contributed by atoms with Crippen LogP contribution in [-0.2, 0) is 16.0 Å². The number of carbonyl (C=O) groups excluding carboxylic acids is 1. The largest absolute Gasteiger partial charge is 0.465 e. The summed E-state index contributed by atoms with van der Waals surface area (Å²) < 4.78 is 7.46. The van der Waals surface area contributed by atoms with Crippen molar-refractivity contribution in [3.05, 3.63) is 34.9 Å². The van der Waals surface area contributed by atoms with Gasteiger partial charge in [-0.15, -0.1) is 0 Å². The predicted molar refractivity (Wildman–Crippen MR) is 93.1 cm³/mol. The second-order valence-electron chi connectivity index (χ2n) is 5.34. The molecule has 1 heterocycles. The molecule has 1 aliphatic rings. The molecule has 0 saturated carbocycles. The maximum Gasteiger partial charge on any atom is 0.316 e. The van der Waals surface area contributed by atoms with Gasteiger partial charge in [0.05, 0.1) is 13.0 Å². The molecular weight excluding hydrogens is 318 g/mol. The first-order valence-corrected chi connectivity index (χ1v) is 9.19. The Labute approximate surface area is 141 Å². The van der Waals surface area contributed by atoms with Crippen molar-refractivity contribution >= 4 is 34.4 Å². The van der Waals surface area contributed by atoms with Crippen molar-refractivity contribution in [1.29, 1.82) is 0 Å². The van der Waals surface area contributed by atoms with Gasteiger partial charge in [-0.05, 0) is 31.0 Å². The van der Waals surface area contributed by atoms with Crippen molar-refractivity contribution in [2.75, 3.05) is 25.4 Å². The summed E-state index contributed by atoms with van der Waals surface area (Å²) in [5.74, 6) is 0.242. The number of nitrogens with zero attached hydrogens (tertiary/aromatic N) is 1. The molecular formula is C17H23ClNO2S+. The summed E-state index contributed by atoms with van der Waals surface area (Å²) in [6.45, 7) is 4.44. The Morgan fingerprint density at radius 3 is 2.55 bits per heavy atom. The van der Waals surface area contributed by atoms with E-state index in [9.17, 15) is 4.79 Å². The Hall–Kier alpha value is -1.00. The zero-order valence-corrected chi connectivity index (χ0v) is 14.6. The van der Waals surface area contributed by atoms with Gasteiger partial charge in [-0.25, -0.2) is 4.58 Å². The van der Waals surface area contributed by atoms with Gasteiger partial charge in [0.1, 0.15) is 18.8 Å². The molecule has 0 radical (unpaired) electrons. The first-order chi connectivity index (χ1) is 10.7. The summed E-state index contributed by atoms with van der Waals surface area (Å²) in [5.41, 5.74) is 1.22. The van der Waals surface area contributed by atoms with E-state index in [0.717, 1.165) is 24.5 Å². The molecule has 1 saturated heterocycles. The summed E-state index contributed by atoms with van der Waals surface area (Å²) in [5, 5.41) is 2.01. The standard InChI is InChI=1S/C17H23ClNO2S/c1-2-21-17(20)13-22-16(19-10-4-3-5-11-19)12-14-6-8-15(18)9-7-14/h6-9H,2-5,10-13H2,1H3/q+1. The average molecular weight is 341 g/mol. The molecule has 1 aliphatic heterocycles. The number of esters is 1. The van der Waals surface area contributed by atoms with Gasteiger partial charge in [0, 0.05) is 17.9 Å². The third-order valence-corrected chi connectivity index (χ3v) is 5.01. The van der Waals surface area contributed by atoms with Crippen LogP contribution < -0.4 is 0 Å². The number of thioether (sulfide) groups is 1. The molecule has 0 unspecified atom stereocenters. The lowest BCUT2D eigenvalue weighted by molar-refractivity contribution is -0.535. The first-order valence-electron chi connectivity index (χ1n) is 7.82. The van der Waals surface area contributed by atoms with Crippen LogP contribution in [0.2, 0.25) is 5.02 Å². The van der Waals surface area contributed by atoms with Crippen LogP contribution in [0.25, 0.3) is 0 Å². The molecule has 0 aromatic heterocycles. The normalized spacial score (nSPS) is 14.7. The summed E-state index contributed by atoms with van der Waals surface area (Å²) in [6.07, 6.45) is 4.60. The van der Waals surface area contributed by atoms with Crippen molar-refractivity contribution in [1.82, 2.24) is 0 Å². The molecule has 0 atom stereocenters. The Balaban J connectivity index is 2.07. The zero-order chi connectivity index (χ0) is 15.8. The monoisotopic (exact) mass is 340 g/mol. The van der Waals surface area contributed by atoms with E-state index in [4.69, 9.17) is 16.3 Å². The molecule has 0 spiro atoms. The van der Waals surface area contributed by atoms with Gasteiger partial charge >= 0.3 is 5.97 Å². The molecule has 1 fully saturated rings. The fourth-order valence-corrected chi connectivity index (χ4v) is 3.65. The van der Waals surface area contributed by atoms with Gasteiger partial charge in [-0.1, -0.05) is 35.5 Å². The first kappa shape index (κ1) is 17.4. The van der Waals surface area contributed by atoms with Crippen LogP contribution in [0.4, 0.5) is 0 Å². The highest BCUT2D eigenvalue weighted by atomic mass is 35.5. The second-order valence-corrected chi connectivity index (χ2v) is 6.82. The topological polar surface area (TPSA) is 29.3 Å². The molecule has 22 heavy (non-hydrogen) atoms. The molecule has 1 aromatic carbocycles. The lowest BCUT2D eigenvalue weighted by atomic mass is 10.1. The zero-order valence-electron chi connectivity index (χ0n) is 13.0. The van der Waals surface area contributed by atoms with E-state index in [1.807, 2.05) is 19.1 Å². The van der Waals surface area contributed by atoms with E-state index in [-0.39, 0.29) is 5.97 Å². The fraction of sp³-hybridized carbons (Fsp3) is 0.529. The third-order valence-electron chi connectivity index (χ3n) is 3.64. The van der Waals surface area contributed by atoms with Gasteiger partial charge in [-0.2, -0.15) is 0 Å². The molecule has 0 aliphatic carbocycles. The Morgan fingerprint density at radius 1 is 1.23 bits per heavy atom. The lowest BCUT2D eigenvalue weighted by Gasteiger charge is -2.14. The molecule has 0 amide bonds. The molecule has 1 aromatic rings. The van der Waals surface area contributed by atoms with Crippen molar-refractivity contribution in [3.63, 3.8) is 0 Å². The molecule has 3 nitrogen and oxygen atoms in total. The predicted octanol–water partition coefficient (Wildman–Crippen LogP) is 3.77. The molecule has 0 N–H and O–H groups in total. The Kier molecular flexibility index (Phi) is 7.26. The number of carbonyl (C=O) groups is 1. The van der Waals surface area contributed by atoms with Crippen LogP contribution >= 0.6 is 23.4 Å². The maximum absolute atomic E-state index is 11.6. The smallest absolute Gasteiger partial charge is 0.316 e. The van der Waals surface area contributed by atoms with E-state index in [2.05, 4.69) is 16.7 Å². The average Bonchev–Trinajstić information content (AvgIpc) is 2.54. The van der Waals surface area contributed by atoms with Gasteiger partial charge in [0.15, 0.2) is 0 Å². The van der Waals surface area contributed by atoms with Crippen LogP contribution in [0.15, 0.2) is 24.3 Å². The van der Waals surface area contributed by atoms with Crippen LogP contribution in [0.3, 0.4) is 0 Å². The van der Waals surface area contributed by atoms with Crippen molar-refractivity contribution in [2.24, 2.45) is 0 Å². The number of hydrogen-bond acceptors (Lipinski definition) is 3. The molecule has 0 bridgehead atoms. The minimum Gasteiger partial charge on any atom is -0.465 e. The van der Waals surface area contributed by atoms with Crippen LogP contribution in [0.5, 0.6) is 0 Å². The van der Waals surface area contributed by atoms with Crippen molar-refractivity contribution in [3.8, 4) is 0 Å². The van der Waals surface area contributed by atoms with Gasteiger partial charge in [0.25, 0.3) is 0 Å². The number of piperidine rings is 1. The third kappa shape index (κ3) is 5.65. The van der Waals surface area contributed by atoms with Crippen LogP contribution in [0.1, 0.15) is 31.7 Å². The quantitative estimate of drug-likeness (QED) is 0.464. The fourth-order valence-electron chi connectivity index (χ4n) is 2.52. The highest BCUT2D eigenvalue weighted by Gasteiger charge is 2.20. The van der Waals surface area contributed by atoms with E-state index < -0.39 is 0 Å². The summed E-state index contributed by atoms with van der Waals surface area (Å²) in [7, 11) is 0. The summed E-state index contributed by atoms with van der Waals surface area (Å²) in [4.78, 5) is 11.6. The highest BCUT2D eigenvalue weighted by molar-refractivity contribution is 8.14. The lowest BCUT2D eigenvalue weighted by Crippen LogP contribution is -2.27. The SMILES string of the molecule is CCOC(=O)CSC(Cc1ccc(Cl)cc1)=[N+]1CCCCC1. The Bertz CT molecular complexity index is 520. The van der Waals surface area contributed by atoms with Crippen LogP contribution in [0, 0.1) is 0 Å². The van der Waals surface area contributed by atoms with Gasteiger partial charge < -0.3 is 4.74 Å². The second kappa shape index (κ2) is 9.21. The van der Waals surface area contributed by atoms with Gasteiger partial charge in [0.2, 0.25) is 5.04 Å². The highest BCUT2D eigenvalue weighted by Crippen LogP contribution is 2.17. The molecule has 2 rings (SSSR count). The van der Waals surface area contributed by atoms with E-state index in [0.29, 0.717) is 12.4 Å². The number of benzene rings is 1. The molecule has 5 heteroatoms. The Morgan fingerprint density at radius 2 is 1.91 bits per heavy atom. The van der Waals surface area contributed by atoms with Crippen molar-refractivity contribution in [2.45, 2.75) is 32.6 Å². The summed E-state index contributed by atoms with van der Waals surface area (Å²) in [6, 6.07) is 7.94. The number of halogens is 1. The van der Waals surface area contributed by atoms with E-state index >= 15 is 0 Å². The maximum atomic E-state index is 11.6. The minimum atomic E-state index is -0.141. The van der Waals surface area contributed by atoms with E-state index in [1.165, 1.54) is 29.9 Å². The summed E-state index contributed by atoms with van der Waals surface area (Å²) >= 11 is 7.56.